The van der Waals surface area contributed by atoms with Crippen molar-refractivity contribution in [1.29, 1.82) is 0 Å². The van der Waals surface area contributed by atoms with Crippen LogP contribution in [0.15, 0.2) is 0 Å². The molecule has 21 heavy (non-hydrogen) atoms. The summed E-state index contributed by atoms with van der Waals surface area (Å²) >= 11 is 0. The van der Waals surface area contributed by atoms with E-state index >= 15 is 0 Å². The molecule has 2 heterocycles. The lowest BCUT2D eigenvalue weighted by atomic mass is 9.93. The SMILES string of the molecule is CN1CCC[C@H]1C(=O)N1CCN([C@H]2C[C@H]3CC[C@H]2C3)CC1. The molecule has 2 aliphatic heterocycles. The molecular weight excluding hydrogens is 262 g/mol. The molecule has 0 spiro atoms. The summed E-state index contributed by atoms with van der Waals surface area (Å²) in [4.78, 5) is 19.7. The summed E-state index contributed by atoms with van der Waals surface area (Å²) in [6.07, 6.45) is 8.09. The number of fused-ring (bicyclic) bond motifs is 2. The maximum atomic E-state index is 12.6. The summed E-state index contributed by atoms with van der Waals surface area (Å²) < 4.78 is 0. The number of rotatable bonds is 2. The van der Waals surface area contributed by atoms with Crippen LogP contribution in [0.4, 0.5) is 0 Å². The Labute approximate surface area is 128 Å². The average Bonchev–Trinajstić information content (AvgIpc) is 3.23. The fourth-order valence-electron chi connectivity index (χ4n) is 5.37. The average molecular weight is 291 g/mol. The van der Waals surface area contributed by atoms with Gasteiger partial charge in [-0.25, -0.2) is 0 Å². The van der Waals surface area contributed by atoms with Gasteiger partial charge in [0, 0.05) is 32.2 Å². The first-order chi connectivity index (χ1) is 10.2. The van der Waals surface area contributed by atoms with E-state index in [4.69, 9.17) is 0 Å². The van der Waals surface area contributed by atoms with Crippen molar-refractivity contribution in [2.75, 3.05) is 39.8 Å². The second-order valence-corrected chi connectivity index (χ2v) is 7.74. The first-order valence-electron chi connectivity index (χ1n) is 8.95. The number of likely N-dealkylation sites (N-methyl/N-ethyl adjacent to an activating group) is 1. The minimum atomic E-state index is 0.166. The van der Waals surface area contributed by atoms with Gasteiger partial charge in [0.2, 0.25) is 5.91 Å². The van der Waals surface area contributed by atoms with Crippen LogP contribution in [0.1, 0.15) is 38.5 Å². The van der Waals surface area contributed by atoms with Crippen molar-refractivity contribution in [3.8, 4) is 0 Å². The van der Waals surface area contributed by atoms with Gasteiger partial charge < -0.3 is 4.90 Å². The topological polar surface area (TPSA) is 26.8 Å². The second kappa shape index (κ2) is 5.54. The zero-order valence-corrected chi connectivity index (χ0v) is 13.3. The van der Waals surface area contributed by atoms with Crippen molar-refractivity contribution in [2.24, 2.45) is 11.8 Å². The van der Waals surface area contributed by atoms with Crippen molar-refractivity contribution in [3.05, 3.63) is 0 Å². The van der Waals surface area contributed by atoms with Crippen molar-refractivity contribution in [1.82, 2.24) is 14.7 Å². The highest BCUT2D eigenvalue weighted by Crippen LogP contribution is 2.46. The standard InChI is InChI=1S/C17H29N3O/c1-18-6-2-3-15(18)17(21)20-9-7-19(8-10-20)16-12-13-4-5-14(16)11-13/h13-16H,2-12H2,1H3/t13-,14-,15-,16-/m0/s1. The minimum absolute atomic E-state index is 0.166. The third-order valence-electron chi connectivity index (χ3n) is 6.60. The Morgan fingerprint density at radius 2 is 1.76 bits per heavy atom. The highest BCUT2D eigenvalue weighted by molar-refractivity contribution is 5.82. The summed E-state index contributed by atoms with van der Waals surface area (Å²) in [6, 6.07) is 1.01. The zero-order valence-electron chi connectivity index (χ0n) is 13.3. The van der Waals surface area contributed by atoms with Crippen LogP contribution < -0.4 is 0 Å². The molecule has 2 saturated heterocycles. The Hall–Kier alpha value is -0.610. The van der Waals surface area contributed by atoms with E-state index < -0.39 is 0 Å². The Bertz CT molecular complexity index is 405. The lowest BCUT2D eigenvalue weighted by Gasteiger charge is -2.42. The molecule has 4 heteroatoms. The summed E-state index contributed by atoms with van der Waals surface area (Å²) in [5.74, 6) is 2.38. The van der Waals surface area contributed by atoms with E-state index in [1.54, 1.807) is 0 Å². The monoisotopic (exact) mass is 291 g/mol. The second-order valence-electron chi connectivity index (χ2n) is 7.74. The Kier molecular flexibility index (Phi) is 3.70. The van der Waals surface area contributed by atoms with Gasteiger partial charge in [-0.05, 0) is 57.5 Å². The molecule has 4 nitrogen and oxygen atoms in total. The van der Waals surface area contributed by atoms with E-state index in [1.807, 2.05) is 0 Å². The van der Waals surface area contributed by atoms with Crippen LogP contribution in [-0.4, -0.2) is 72.5 Å². The third kappa shape index (κ3) is 2.50. The molecule has 0 aromatic carbocycles. The van der Waals surface area contributed by atoms with E-state index in [2.05, 4.69) is 21.7 Å². The van der Waals surface area contributed by atoms with Crippen LogP contribution in [0.25, 0.3) is 0 Å². The number of nitrogens with zero attached hydrogens (tertiary/aromatic N) is 3. The highest BCUT2D eigenvalue weighted by atomic mass is 16.2. The fourth-order valence-corrected chi connectivity index (χ4v) is 5.37. The summed E-state index contributed by atoms with van der Waals surface area (Å²) in [6.45, 7) is 5.21. The lowest BCUT2D eigenvalue weighted by Crippen LogP contribution is -2.55. The molecule has 0 unspecified atom stereocenters. The van der Waals surface area contributed by atoms with Gasteiger partial charge in [-0.2, -0.15) is 0 Å². The van der Waals surface area contributed by atoms with E-state index in [0.717, 1.165) is 57.0 Å². The van der Waals surface area contributed by atoms with Gasteiger partial charge in [0.05, 0.1) is 6.04 Å². The van der Waals surface area contributed by atoms with Crippen LogP contribution in [0.5, 0.6) is 0 Å². The Morgan fingerprint density at radius 1 is 0.952 bits per heavy atom. The number of hydrogen-bond donors (Lipinski definition) is 0. The molecule has 2 bridgehead atoms. The molecule has 118 valence electrons. The van der Waals surface area contributed by atoms with Crippen LogP contribution >= 0.6 is 0 Å². The summed E-state index contributed by atoms with van der Waals surface area (Å²) in [5.41, 5.74) is 0. The third-order valence-corrected chi connectivity index (χ3v) is 6.60. The molecule has 2 aliphatic carbocycles. The van der Waals surface area contributed by atoms with Crippen molar-refractivity contribution in [2.45, 2.75) is 50.6 Å². The van der Waals surface area contributed by atoms with Crippen LogP contribution in [-0.2, 0) is 4.79 Å². The fraction of sp³-hybridized carbons (Fsp3) is 0.941. The van der Waals surface area contributed by atoms with E-state index in [1.165, 1.54) is 32.1 Å². The highest BCUT2D eigenvalue weighted by Gasteiger charge is 2.43. The molecule has 4 atom stereocenters. The van der Waals surface area contributed by atoms with Crippen molar-refractivity contribution in [3.63, 3.8) is 0 Å². The number of carbonyl (C=O) groups is 1. The normalized spacial score (nSPS) is 41.1. The Morgan fingerprint density at radius 3 is 2.33 bits per heavy atom. The van der Waals surface area contributed by atoms with Gasteiger partial charge in [-0.15, -0.1) is 0 Å². The van der Waals surface area contributed by atoms with E-state index in [9.17, 15) is 4.79 Å². The van der Waals surface area contributed by atoms with E-state index in [0.29, 0.717) is 5.91 Å². The van der Waals surface area contributed by atoms with Crippen LogP contribution in [0.2, 0.25) is 0 Å². The number of piperazine rings is 1. The maximum absolute atomic E-state index is 12.6. The van der Waals surface area contributed by atoms with E-state index in [-0.39, 0.29) is 6.04 Å². The smallest absolute Gasteiger partial charge is 0.240 e. The molecular formula is C17H29N3O. The first-order valence-corrected chi connectivity index (χ1v) is 8.95. The summed E-state index contributed by atoms with van der Waals surface area (Å²) in [7, 11) is 2.10. The van der Waals surface area contributed by atoms with Gasteiger partial charge in [0.15, 0.2) is 0 Å². The molecule has 0 N–H and O–H groups in total. The predicted molar refractivity (Wildman–Crippen MR) is 83.0 cm³/mol. The van der Waals surface area contributed by atoms with Gasteiger partial charge >= 0.3 is 0 Å². The molecule has 4 aliphatic rings. The maximum Gasteiger partial charge on any atom is 0.240 e. The summed E-state index contributed by atoms with van der Waals surface area (Å²) in [5, 5.41) is 0. The predicted octanol–water partition coefficient (Wildman–Crippen LogP) is 1.41. The number of hydrogen-bond acceptors (Lipinski definition) is 3. The molecule has 1 amide bonds. The molecule has 0 aromatic heterocycles. The number of amides is 1. The minimum Gasteiger partial charge on any atom is -0.339 e. The molecule has 0 aromatic rings. The number of likely N-dealkylation sites (tertiary alicyclic amines) is 1. The van der Waals surface area contributed by atoms with Crippen molar-refractivity contribution < 1.29 is 4.79 Å². The zero-order chi connectivity index (χ0) is 14.4. The van der Waals surface area contributed by atoms with Gasteiger partial charge in [0.1, 0.15) is 0 Å². The van der Waals surface area contributed by atoms with Crippen molar-refractivity contribution >= 4 is 5.91 Å². The first kappa shape index (κ1) is 14.0. The largest absolute Gasteiger partial charge is 0.339 e. The van der Waals surface area contributed by atoms with Gasteiger partial charge in [-0.1, -0.05) is 6.42 Å². The van der Waals surface area contributed by atoms with Crippen LogP contribution in [0.3, 0.4) is 0 Å². The van der Waals surface area contributed by atoms with Crippen LogP contribution in [0, 0.1) is 11.8 Å². The molecule has 4 fully saturated rings. The lowest BCUT2D eigenvalue weighted by molar-refractivity contribution is -0.137. The quantitative estimate of drug-likeness (QED) is 0.770. The Balaban J connectivity index is 1.31. The molecule has 0 radical (unpaired) electrons. The van der Waals surface area contributed by atoms with Gasteiger partial charge in [0.25, 0.3) is 0 Å². The molecule has 2 saturated carbocycles. The van der Waals surface area contributed by atoms with Gasteiger partial charge in [-0.3, -0.25) is 14.6 Å². The molecule has 4 rings (SSSR count). The number of carbonyl (C=O) groups excluding carboxylic acids is 1.